The number of carbonyl (C=O) groups is 2. The number of anilines is 3. The van der Waals surface area contributed by atoms with Crippen molar-refractivity contribution in [2.24, 2.45) is 5.92 Å². The minimum atomic E-state index is -0.450. The van der Waals surface area contributed by atoms with Crippen LogP contribution < -0.4 is 10.2 Å². The van der Waals surface area contributed by atoms with Crippen molar-refractivity contribution in [1.82, 2.24) is 34.2 Å². The minimum absolute atomic E-state index is 0.0146. The number of nitrogens with zero attached hydrogens (tertiary/aromatic N) is 8. The fourth-order valence-corrected chi connectivity index (χ4v) is 8.02. The van der Waals surface area contributed by atoms with E-state index in [0.29, 0.717) is 23.4 Å². The molecule has 4 aliphatic rings. The van der Waals surface area contributed by atoms with Gasteiger partial charge in [-0.1, -0.05) is 12.8 Å². The van der Waals surface area contributed by atoms with Crippen molar-refractivity contribution in [2.45, 2.75) is 82.9 Å². The number of carbonyl (C=O) groups excluding carboxylic acids is 2. The zero-order valence-corrected chi connectivity index (χ0v) is 28.5. The van der Waals surface area contributed by atoms with E-state index in [1.807, 2.05) is 44.0 Å². The molecule has 4 fully saturated rings. The molecular weight excluding hydrogens is 594 g/mol. The van der Waals surface area contributed by atoms with Gasteiger partial charge in [-0.15, -0.1) is 0 Å². The van der Waals surface area contributed by atoms with Crippen LogP contribution >= 0.6 is 0 Å². The van der Waals surface area contributed by atoms with Gasteiger partial charge in [-0.2, -0.15) is 4.98 Å². The molecule has 1 N–H and O–H groups in total. The molecule has 3 aromatic heterocycles. The average Bonchev–Trinajstić information content (AvgIpc) is 3.65. The second-order valence-corrected chi connectivity index (χ2v) is 15.2. The Kier molecular flexibility index (Phi) is 8.26. The number of hydrogen-bond acceptors (Lipinski definition) is 9. The minimum Gasteiger partial charge on any atom is -0.444 e. The van der Waals surface area contributed by atoms with Crippen LogP contribution in [-0.2, 0) is 4.74 Å². The molecule has 5 heterocycles. The maximum Gasteiger partial charge on any atom is 0.410 e. The second-order valence-electron chi connectivity index (χ2n) is 15.2. The molecule has 12 nitrogen and oxygen atoms in total. The van der Waals surface area contributed by atoms with Gasteiger partial charge >= 0.3 is 6.09 Å². The van der Waals surface area contributed by atoms with Crippen molar-refractivity contribution >= 4 is 40.5 Å². The normalized spacial score (nSPS) is 23.6. The average molecular weight is 644 g/mol. The fourth-order valence-electron chi connectivity index (χ4n) is 8.02. The number of likely N-dealkylation sites (tertiary alicyclic amines) is 1. The fraction of sp³-hybridized carbons (Fsp3) is 0.629. The molecule has 2 saturated carbocycles. The first-order valence-corrected chi connectivity index (χ1v) is 17.3. The Bertz CT molecular complexity index is 1610. The van der Waals surface area contributed by atoms with E-state index < -0.39 is 5.60 Å². The first kappa shape index (κ1) is 31.7. The lowest BCUT2D eigenvalue weighted by Crippen LogP contribution is -2.69. The molecule has 2 aliphatic carbocycles. The maximum absolute atomic E-state index is 13.0. The van der Waals surface area contributed by atoms with Crippen LogP contribution in [0.5, 0.6) is 0 Å². The summed E-state index contributed by atoms with van der Waals surface area (Å²) in [6, 6.07) is 6.28. The lowest BCUT2D eigenvalue weighted by molar-refractivity contribution is -0.108. The van der Waals surface area contributed by atoms with Crippen LogP contribution in [0.4, 0.5) is 22.2 Å². The summed E-state index contributed by atoms with van der Waals surface area (Å²) in [7, 11) is 3.57. The first-order chi connectivity index (χ1) is 22.5. The van der Waals surface area contributed by atoms with Crippen LogP contribution in [0.1, 0.15) is 82.2 Å². The summed E-state index contributed by atoms with van der Waals surface area (Å²) in [4.78, 5) is 48.3. The van der Waals surface area contributed by atoms with Gasteiger partial charge in [-0.3, -0.25) is 9.69 Å². The summed E-state index contributed by atoms with van der Waals surface area (Å²) >= 11 is 0. The van der Waals surface area contributed by atoms with Crippen molar-refractivity contribution in [3.63, 3.8) is 0 Å². The van der Waals surface area contributed by atoms with Crippen LogP contribution in [0, 0.1) is 5.92 Å². The summed E-state index contributed by atoms with van der Waals surface area (Å²) < 4.78 is 7.77. The van der Waals surface area contributed by atoms with E-state index in [0.717, 1.165) is 88.1 Å². The Morgan fingerprint density at radius 3 is 2.38 bits per heavy atom. The highest BCUT2D eigenvalue weighted by Gasteiger charge is 2.56. The van der Waals surface area contributed by atoms with Gasteiger partial charge in [-0.25, -0.2) is 14.8 Å². The van der Waals surface area contributed by atoms with E-state index in [-0.39, 0.29) is 23.6 Å². The van der Waals surface area contributed by atoms with E-state index >= 15 is 0 Å². The number of nitrogens with one attached hydrogen (secondary N) is 1. The number of aromatic nitrogens is 4. The lowest BCUT2D eigenvalue weighted by atomic mass is 9.61. The molecule has 1 spiro atoms. The predicted octanol–water partition coefficient (Wildman–Crippen LogP) is 5.30. The summed E-state index contributed by atoms with van der Waals surface area (Å²) in [6.07, 6.45) is 11.3. The maximum atomic E-state index is 13.0. The molecular formula is C35H49N9O3. The van der Waals surface area contributed by atoms with E-state index in [1.165, 1.54) is 12.8 Å². The van der Waals surface area contributed by atoms with Crippen LogP contribution in [0.25, 0.3) is 11.0 Å². The topological polar surface area (TPSA) is 112 Å². The van der Waals surface area contributed by atoms with E-state index in [2.05, 4.69) is 30.7 Å². The molecule has 0 aromatic carbocycles. The molecule has 12 heteroatoms. The van der Waals surface area contributed by atoms with Gasteiger partial charge in [0.05, 0.1) is 11.9 Å². The number of ether oxygens (including phenoxy) is 1. The number of rotatable bonds is 7. The SMILES string of the molecule is CN(C)C(=O)c1cc2cnc(Nc3ccc(N4CCN(CC5CC6(CCN6C(=O)OC(C)(C)C)C5)CC4)cn3)nc2n1C1CCCC1. The number of hydrogen-bond donors (Lipinski definition) is 1. The van der Waals surface area contributed by atoms with Crippen molar-refractivity contribution in [2.75, 3.05) is 63.6 Å². The number of piperazine rings is 1. The number of amides is 2. The second kappa shape index (κ2) is 12.3. The van der Waals surface area contributed by atoms with Crippen molar-refractivity contribution in [1.29, 1.82) is 0 Å². The van der Waals surface area contributed by atoms with Gasteiger partial charge < -0.3 is 29.3 Å². The largest absolute Gasteiger partial charge is 0.444 e. The quantitative estimate of drug-likeness (QED) is 0.367. The molecule has 0 bridgehead atoms. The Hall–Kier alpha value is -3.93. The summed E-state index contributed by atoms with van der Waals surface area (Å²) in [5, 5.41) is 4.16. The summed E-state index contributed by atoms with van der Waals surface area (Å²) in [5.74, 6) is 1.78. The summed E-state index contributed by atoms with van der Waals surface area (Å²) in [6.45, 7) is 11.7. The van der Waals surface area contributed by atoms with Crippen molar-refractivity contribution in [3.8, 4) is 0 Å². The number of fused-ring (bicyclic) bond motifs is 1. The molecule has 3 aromatic rings. The highest BCUT2D eigenvalue weighted by Crippen LogP contribution is 2.51. The molecule has 2 amide bonds. The highest BCUT2D eigenvalue weighted by atomic mass is 16.6. The molecule has 2 aliphatic heterocycles. The van der Waals surface area contributed by atoms with E-state index in [1.54, 1.807) is 25.2 Å². The Balaban J connectivity index is 0.926. The Morgan fingerprint density at radius 1 is 1.02 bits per heavy atom. The van der Waals surface area contributed by atoms with E-state index in [9.17, 15) is 9.59 Å². The lowest BCUT2D eigenvalue weighted by Gasteiger charge is -2.61. The highest BCUT2D eigenvalue weighted by molar-refractivity contribution is 5.98. The third kappa shape index (κ3) is 6.36. The van der Waals surface area contributed by atoms with Crippen LogP contribution in [-0.4, -0.2) is 111 Å². The van der Waals surface area contributed by atoms with Gasteiger partial charge in [0, 0.05) is 76.5 Å². The monoisotopic (exact) mass is 643 g/mol. The standard InChI is InChI=1S/C35H49N9O3/c1-34(2,3)47-33(46)43-13-12-35(43)19-24(20-35)23-41-14-16-42(17-15-41)27-10-11-29(36-22-27)38-32-37-21-25-18-28(31(45)40(4)5)44(30(25)39-32)26-8-6-7-9-26/h10-11,18,21-22,24,26H,6-9,12-17,19-20,23H2,1-5H3,(H,36,37,38,39). The van der Waals surface area contributed by atoms with Crippen LogP contribution in [0.15, 0.2) is 30.6 Å². The van der Waals surface area contributed by atoms with Crippen LogP contribution in [0.2, 0.25) is 0 Å². The Morgan fingerprint density at radius 2 is 1.77 bits per heavy atom. The van der Waals surface area contributed by atoms with Gasteiger partial charge in [0.2, 0.25) is 5.95 Å². The number of pyridine rings is 1. The molecule has 2 saturated heterocycles. The third-order valence-corrected chi connectivity index (χ3v) is 10.5. The molecule has 47 heavy (non-hydrogen) atoms. The molecule has 7 rings (SSSR count). The van der Waals surface area contributed by atoms with Crippen LogP contribution in [0.3, 0.4) is 0 Å². The summed E-state index contributed by atoms with van der Waals surface area (Å²) in [5.41, 5.74) is 2.17. The molecule has 0 radical (unpaired) electrons. The molecule has 0 atom stereocenters. The van der Waals surface area contributed by atoms with Crippen molar-refractivity contribution in [3.05, 3.63) is 36.3 Å². The smallest absolute Gasteiger partial charge is 0.410 e. The zero-order chi connectivity index (χ0) is 32.9. The van der Waals surface area contributed by atoms with E-state index in [4.69, 9.17) is 14.7 Å². The third-order valence-electron chi connectivity index (χ3n) is 10.5. The Labute approximate surface area is 277 Å². The zero-order valence-electron chi connectivity index (χ0n) is 28.5. The first-order valence-electron chi connectivity index (χ1n) is 17.3. The molecule has 252 valence electrons. The van der Waals surface area contributed by atoms with Gasteiger partial charge in [0.25, 0.3) is 5.91 Å². The van der Waals surface area contributed by atoms with Crippen molar-refractivity contribution < 1.29 is 14.3 Å². The predicted molar refractivity (Wildman–Crippen MR) is 182 cm³/mol. The van der Waals surface area contributed by atoms with Gasteiger partial charge in [0.15, 0.2) is 0 Å². The molecule has 0 unspecified atom stereocenters. The van der Waals surface area contributed by atoms with Gasteiger partial charge in [-0.05, 0) is 77.0 Å². The van der Waals surface area contributed by atoms with Gasteiger partial charge in [0.1, 0.15) is 22.8 Å².